The van der Waals surface area contributed by atoms with E-state index in [-0.39, 0.29) is 16.1 Å². The van der Waals surface area contributed by atoms with Crippen LogP contribution < -0.4 is 4.74 Å². The maximum atomic E-state index is 13.4. The van der Waals surface area contributed by atoms with E-state index in [1.54, 1.807) is 24.5 Å². The number of aromatic nitrogens is 1. The largest absolute Gasteiger partial charge is 0.573 e. The number of rotatable bonds is 5. The first-order valence-corrected chi connectivity index (χ1v) is 9.07. The average molecular weight is 399 g/mol. The van der Waals surface area contributed by atoms with Crippen molar-refractivity contribution in [2.45, 2.75) is 26.0 Å². The van der Waals surface area contributed by atoms with Crippen molar-refractivity contribution < 1.29 is 27.2 Å². The van der Waals surface area contributed by atoms with Crippen molar-refractivity contribution in [3.63, 3.8) is 0 Å². The van der Waals surface area contributed by atoms with Gasteiger partial charge < -0.3 is 4.74 Å². The molecule has 1 amide bonds. The summed E-state index contributed by atoms with van der Waals surface area (Å²) < 4.78 is 41.3. The van der Waals surface area contributed by atoms with Crippen LogP contribution in [-0.4, -0.2) is 21.7 Å². The van der Waals surface area contributed by atoms with Crippen molar-refractivity contribution in [3.8, 4) is 5.75 Å². The fourth-order valence-electron chi connectivity index (χ4n) is 3.82. The molecule has 1 unspecified atom stereocenters. The van der Waals surface area contributed by atoms with Crippen molar-refractivity contribution in [2.24, 2.45) is 0 Å². The highest BCUT2D eigenvalue weighted by Crippen LogP contribution is 2.35. The number of alkyl halides is 3. The molecule has 1 aromatic heterocycles. The minimum absolute atomic E-state index is 0.0000658. The fourth-order valence-corrected chi connectivity index (χ4v) is 3.82. The van der Waals surface area contributed by atoms with E-state index in [0.29, 0.717) is 25.2 Å². The summed E-state index contributed by atoms with van der Waals surface area (Å²) in [5.41, 5.74) is 3.34. The number of hydrogen-bond donors (Lipinski definition) is 0. The molecule has 0 spiro atoms. The molecule has 0 saturated heterocycles. The van der Waals surface area contributed by atoms with Gasteiger partial charge in [0.15, 0.2) is 0 Å². The van der Waals surface area contributed by atoms with Gasteiger partial charge in [0, 0.05) is 29.1 Å². The highest BCUT2D eigenvalue weighted by atomic mass is 19.4. The third kappa shape index (κ3) is 4.14. The van der Waals surface area contributed by atoms with Crippen molar-refractivity contribution in [1.82, 2.24) is 4.98 Å². The molecule has 0 N–H and O–H groups in total. The second-order valence-electron chi connectivity index (χ2n) is 7.13. The summed E-state index contributed by atoms with van der Waals surface area (Å²) in [5, 5.41) is 0. The first kappa shape index (κ1) is 19.1. The normalized spacial score (nSPS) is 18.5. The predicted molar refractivity (Wildman–Crippen MR) is 99.5 cm³/mol. The Hall–Kier alpha value is -3.19. The van der Waals surface area contributed by atoms with E-state index in [1.807, 2.05) is 36.4 Å². The van der Waals surface area contributed by atoms with Gasteiger partial charge in [0.2, 0.25) is 0 Å². The Morgan fingerprint density at radius 2 is 1.66 bits per heavy atom. The average Bonchev–Trinajstić information content (AvgIpc) is 2.95. The molecule has 0 aliphatic carbocycles. The van der Waals surface area contributed by atoms with Crippen LogP contribution in [0.25, 0.3) is 0 Å². The van der Waals surface area contributed by atoms with Crippen LogP contribution in [0.15, 0.2) is 73.1 Å². The summed E-state index contributed by atoms with van der Waals surface area (Å²) in [5.74, 6) is -0.281. The highest BCUT2D eigenvalue weighted by Gasteiger charge is 2.45. The molecule has 0 radical (unpaired) electrons. The van der Waals surface area contributed by atoms with Gasteiger partial charge in [-0.05, 0) is 36.4 Å². The number of carbonyl (C=O) groups is 1. The van der Waals surface area contributed by atoms with Crippen LogP contribution in [0.1, 0.15) is 27.0 Å². The molecule has 0 bridgehead atoms. The number of benzene rings is 2. The number of hydrogen-bond acceptors (Lipinski definition) is 3. The van der Waals surface area contributed by atoms with Gasteiger partial charge in [0.1, 0.15) is 25.4 Å². The molecule has 1 aliphatic heterocycles. The van der Waals surface area contributed by atoms with Crippen molar-refractivity contribution in [3.05, 3.63) is 95.3 Å². The van der Waals surface area contributed by atoms with Gasteiger partial charge >= 0.3 is 12.3 Å². The van der Waals surface area contributed by atoms with E-state index >= 15 is 0 Å². The Labute approximate surface area is 165 Å². The van der Waals surface area contributed by atoms with Crippen LogP contribution in [-0.2, 0) is 19.6 Å². The molecule has 148 valence electrons. The summed E-state index contributed by atoms with van der Waals surface area (Å²) in [7, 11) is 0. The molecule has 0 fully saturated rings. The van der Waals surface area contributed by atoms with Crippen LogP contribution in [0.4, 0.5) is 13.2 Å². The lowest BCUT2D eigenvalue weighted by Crippen LogP contribution is -2.46. The molecule has 4 nitrogen and oxygen atoms in total. The summed E-state index contributed by atoms with van der Waals surface area (Å²) in [6, 6.07) is 16.9. The number of amides is 1. The molecule has 4 rings (SSSR count). The van der Waals surface area contributed by atoms with Crippen molar-refractivity contribution in [2.75, 3.05) is 0 Å². The minimum Gasteiger partial charge on any atom is -0.406 e. The van der Waals surface area contributed by atoms with E-state index in [9.17, 15) is 18.0 Å². The lowest BCUT2D eigenvalue weighted by molar-refractivity contribution is -0.885. The first-order chi connectivity index (χ1) is 13.8. The second-order valence-corrected chi connectivity index (χ2v) is 7.13. The molecule has 2 heterocycles. The molecule has 2 aromatic carbocycles. The standard InChI is InChI=1S/C22H18F3N2O2/c23-22(24,25)29-19-9-7-16(8-10-19)13-27(14-17-4-3-11-26-12-17)15-18-5-1-2-6-20(18)21(27)28/h1-12H,13-15H2/q+1. The SMILES string of the molecule is O=C1c2ccccc2C[N+]1(Cc1ccc(OC(F)(F)F)cc1)Cc1cccnc1. The number of halogens is 3. The first-order valence-electron chi connectivity index (χ1n) is 9.07. The maximum Gasteiger partial charge on any atom is 0.573 e. The Bertz CT molecular complexity index is 1020. The van der Waals surface area contributed by atoms with E-state index in [1.165, 1.54) is 12.1 Å². The number of ether oxygens (including phenoxy) is 1. The van der Waals surface area contributed by atoms with Crippen LogP contribution in [0.3, 0.4) is 0 Å². The lowest BCUT2D eigenvalue weighted by Gasteiger charge is -2.31. The molecular formula is C22H18F3N2O2+. The lowest BCUT2D eigenvalue weighted by atomic mass is 10.1. The molecule has 1 aliphatic rings. The Morgan fingerprint density at radius 3 is 2.31 bits per heavy atom. The van der Waals surface area contributed by atoms with Gasteiger partial charge in [-0.2, -0.15) is 0 Å². The zero-order valence-electron chi connectivity index (χ0n) is 15.4. The van der Waals surface area contributed by atoms with E-state index < -0.39 is 6.36 Å². The number of carbonyl (C=O) groups excluding carboxylic acids is 1. The Kier molecular flexibility index (Phi) is 4.84. The summed E-state index contributed by atoms with van der Waals surface area (Å²) in [4.78, 5) is 17.5. The van der Waals surface area contributed by atoms with E-state index in [4.69, 9.17) is 0 Å². The number of fused-ring (bicyclic) bond motifs is 1. The second kappa shape index (κ2) is 7.33. The van der Waals surface area contributed by atoms with Crippen LogP contribution in [0.2, 0.25) is 0 Å². The van der Waals surface area contributed by atoms with Crippen LogP contribution in [0.5, 0.6) is 5.75 Å². The van der Waals surface area contributed by atoms with Crippen LogP contribution in [0, 0.1) is 0 Å². The quantitative estimate of drug-likeness (QED) is 0.576. The minimum atomic E-state index is -4.73. The third-order valence-electron chi connectivity index (χ3n) is 5.00. The number of quaternary nitrogens is 1. The molecular weight excluding hydrogens is 381 g/mol. The number of nitrogens with zero attached hydrogens (tertiary/aromatic N) is 2. The Balaban J connectivity index is 1.64. The predicted octanol–water partition coefficient (Wildman–Crippen LogP) is 4.85. The fraction of sp³-hybridized carbons (Fsp3) is 0.182. The summed E-state index contributed by atoms with van der Waals surface area (Å²) >= 11 is 0. The topological polar surface area (TPSA) is 39.2 Å². The maximum absolute atomic E-state index is 13.4. The zero-order valence-corrected chi connectivity index (χ0v) is 15.4. The van der Waals surface area contributed by atoms with Gasteiger partial charge in [-0.1, -0.05) is 24.3 Å². The van der Waals surface area contributed by atoms with Crippen molar-refractivity contribution in [1.29, 1.82) is 0 Å². The zero-order chi connectivity index (χ0) is 20.5. The highest BCUT2D eigenvalue weighted by molar-refractivity contribution is 5.92. The molecule has 1 atom stereocenters. The molecule has 29 heavy (non-hydrogen) atoms. The Morgan fingerprint density at radius 1 is 0.931 bits per heavy atom. The van der Waals surface area contributed by atoms with E-state index in [0.717, 1.165) is 16.7 Å². The summed E-state index contributed by atoms with van der Waals surface area (Å²) in [6.45, 7) is 1.32. The monoisotopic (exact) mass is 399 g/mol. The van der Waals surface area contributed by atoms with Gasteiger partial charge in [-0.15, -0.1) is 13.2 Å². The van der Waals surface area contributed by atoms with Gasteiger partial charge in [-0.25, -0.2) is 9.28 Å². The molecule has 3 aromatic rings. The van der Waals surface area contributed by atoms with E-state index in [2.05, 4.69) is 9.72 Å². The van der Waals surface area contributed by atoms with Crippen molar-refractivity contribution >= 4 is 5.91 Å². The number of pyridine rings is 1. The molecule has 7 heteroatoms. The van der Waals surface area contributed by atoms with Gasteiger partial charge in [-0.3, -0.25) is 4.98 Å². The smallest absolute Gasteiger partial charge is 0.406 e. The summed E-state index contributed by atoms with van der Waals surface area (Å²) in [6.07, 6.45) is -1.33. The van der Waals surface area contributed by atoms with Gasteiger partial charge in [0.05, 0.1) is 5.56 Å². The molecule has 0 saturated carbocycles. The third-order valence-corrected chi connectivity index (χ3v) is 5.00. The van der Waals surface area contributed by atoms with Crippen LogP contribution >= 0.6 is 0 Å². The van der Waals surface area contributed by atoms with Gasteiger partial charge in [0.25, 0.3) is 0 Å².